The minimum absolute atomic E-state index is 0.00351. The fourth-order valence-electron chi connectivity index (χ4n) is 4.82. The Hall–Kier alpha value is -3.75. The Morgan fingerprint density at radius 1 is 1.07 bits per heavy atom. The molecule has 1 amide bonds. The Balaban J connectivity index is 1.29. The normalized spacial score (nSPS) is 18.6. The zero-order valence-corrected chi connectivity index (χ0v) is 23.3. The number of alkyl halides is 2. The maximum absolute atomic E-state index is 15.3. The summed E-state index contributed by atoms with van der Waals surface area (Å²) in [4.78, 5) is 37.8. The number of nitrogens with zero attached hydrogens (tertiary/aromatic N) is 6. The zero-order chi connectivity index (χ0) is 29.5. The van der Waals surface area contributed by atoms with Crippen molar-refractivity contribution in [3.63, 3.8) is 0 Å². The molecule has 2 fully saturated rings. The maximum atomic E-state index is 15.3. The number of rotatable bonds is 7. The van der Waals surface area contributed by atoms with Crippen molar-refractivity contribution in [2.45, 2.75) is 24.2 Å². The summed E-state index contributed by atoms with van der Waals surface area (Å²) in [6.07, 6.45) is 1.89. The average molecular weight is 607 g/mol. The summed E-state index contributed by atoms with van der Waals surface area (Å²) in [5, 5.41) is 8.74. The van der Waals surface area contributed by atoms with E-state index in [2.05, 4.69) is 15.0 Å². The fraction of sp³-hybridized carbons (Fsp3) is 0.346. The Kier molecular flexibility index (Phi) is 7.66. The summed E-state index contributed by atoms with van der Waals surface area (Å²) in [6, 6.07) is 8.32. The van der Waals surface area contributed by atoms with Crippen LogP contribution in [0.2, 0.25) is 5.15 Å². The number of anilines is 2. The van der Waals surface area contributed by atoms with Crippen LogP contribution in [0.3, 0.4) is 0 Å². The van der Waals surface area contributed by atoms with Crippen LogP contribution in [0.1, 0.15) is 35.1 Å². The van der Waals surface area contributed by atoms with Crippen LogP contribution in [0.15, 0.2) is 53.7 Å². The largest absolute Gasteiger partial charge is 0.476 e. The summed E-state index contributed by atoms with van der Waals surface area (Å²) in [7, 11) is -3.84. The van der Waals surface area contributed by atoms with E-state index in [1.54, 1.807) is 21.9 Å². The molecule has 1 aromatic carbocycles. The summed E-state index contributed by atoms with van der Waals surface area (Å²) in [5.41, 5.74) is -1.11. The minimum Gasteiger partial charge on any atom is -0.476 e. The molecule has 2 aromatic heterocycles. The highest BCUT2D eigenvalue weighted by molar-refractivity contribution is 7.89. The third kappa shape index (κ3) is 5.72. The first-order chi connectivity index (χ1) is 19.4. The number of carboxylic acids is 1. The van der Waals surface area contributed by atoms with E-state index < -0.39 is 38.9 Å². The van der Waals surface area contributed by atoms with Gasteiger partial charge >= 0.3 is 11.9 Å². The second-order valence-corrected chi connectivity index (χ2v) is 12.2. The third-order valence-electron chi connectivity index (χ3n) is 7.00. The number of carboxylic acid groups (broad SMARTS) is 1. The monoisotopic (exact) mass is 606 g/mol. The van der Waals surface area contributed by atoms with Crippen molar-refractivity contribution in [2.75, 3.05) is 42.5 Å². The van der Waals surface area contributed by atoms with Gasteiger partial charge in [-0.1, -0.05) is 18.5 Å². The molecule has 216 valence electrons. The molecular formula is C26H25ClF2N6O5S. The van der Waals surface area contributed by atoms with Gasteiger partial charge in [0.15, 0.2) is 5.69 Å². The number of carbonyl (C=O) groups is 2. The maximum Gasteiger partial charge on any atom is 0.356 e. The first kappa shape index (κ1) is 28.8. The number of amides is 1. The van der Waals surface area contributed by atoms with E-state index in [-0.39, 0.29) is 53.9 Å². The van der Waals surface area contributed by atoms with Crippen molar-refractivity contribution in [3.8, 4) is 0 Å². The van der Waals surface area contributed by atoms with Crippen LogP contribution < -0.4 is 9.80 Å². The smallest absolute Gasteiger partial charge is 0.356 e. The number of aromatic carboxylic acids is 1. The Morgan fingerprint density at radius 2 is 1.76 bits per heavy atom. The second-order valence-electron chi connectivity index (χ2n) is 9.90. The van der Waals surface area contributed by atoms with Gasteiger partial charge in [0, 0.05) is 50.4 Å². The summed E-state index contributed by atoms with van der Waals surface area (Å²) in [5.74, 6) is -4.68. The van der Waals surface area contributed by atoms with E-state index in [0.717, 1.165) is 18.3 Å². The lowest BCUT2D eigenvalue weighted by Crippen LogP contribution is -2.49. The summed E-state index contributed by atoms with van der Waals surface area (Å²) >= 11 is 6.07. The van der Waals surface area contributed by atoms with Gasteiger partial charge < -0.3 is 14.9 Å². The van der Waals surface area contributed by atoms with Gasteiger partial charge in [0.2, 0.25) is 15.9 Å². The number of halogens is 3. The number of carbonyl (C=O) groups excluding carboxylic acids is 1. The first-order valence-corrected chi connectivity index (χ1v) is 14.5. The Bertz CT molecular complexity index is 1580. The van der Waals surface area contributed by atoms with Gasteiger partial charge in [-0.25, -0.2) is 23.2 Å². The van der Waals surface area contributed by atoms with Crippen molar-refractivity contribution in [1.82, 2.24) is 19.3 Å². The molecule has 2 aliphatic heterocycles. The zero-order valence-electron chi connectivity index (χ0n) is 21.7. The molecule has 41 heavy (non-hydrogen) atoms. The summed E-state index contributed by atoms with van der Waals surface area (Å²) < 4.78 is 58.4. The number of piperazine rings is 1. The van der Waals surface area contributed by atoms with E-state index in [1.807, 2.05) is 6.92 Å². The Labute approximate surface area is 239 Å². The molecular weight excluding hydrogens is 582 g/mol. The molecule has 2 aliphatic rings. The predicted octanol–water partition coefficient (Wildman–Crippen LogP) is 3.25. The SMILES string of the molecule is C[C@@H]1CC(=O)N(c2ccc(S(=O)(=O)N3CCN(c4cc(C(F)(F)c5cnc(C(=O)O)cn5)cc(Cl)n4)CC3)cc2)C1. The van der Waals surface area contributed by atoms with Gasteiger partial charge in [-0.05, 0) is 42.3 Å². The molecule has 5 rings (SSSR count). The van der Waals surface area contributed by atoms with E-state index in [9.17, 15) is 18.0 Å². The lowest BCUT2D eigenvalue weighted by molar-refractivity contribution is -0.117. The van der Waals surface area contributed by atoms with Crippen LogP contribution >= 0.6 is 11.6 Å². The van der Waals surface area contributed by atoms with Crippen LogP contribution in [-0.2, 0) is 20.7 Å². The fourth-order valence-corrected chi connectivity index (χ4v) is 6.44. The number of benzene rings is 1. The lowest BCUT2D eigenvalue weighted by Gasteiger charge is -2.35. The topological polar surface area (TPSA) is 137 Å². The van der Waals surface area contributed by atoms with E-state index in [4.69, 9.17) is 16.7 Å². The van der Waals surface area contributed by atoms with Crippen molar-refractivity contribution in [1.29, 1.82) is 0 Å². The molecule has 0 saturated carbocycles. The minimum atomic E-state index is -3.84. The highest BCUT2D eigenvalue weighted by Crippen LogP contribution is 2.37. The molecule has 0 radical (unpaired) electrons. The number of hydrogen-bond acceptors (Lipinski definition) is 8. The Morgan fingerprint density at radius 3 is 2.32 bits per heavy atom. The predicted molar refractivity (Wildman–Crippen MR) is 145 cm³/mol. The number of hydrogen-bond donors (Lipinski definition) is 1. The standard InChI is InChI=1S/C26H25ClF2N6O5S/c1-16-10-24(36)35(15-16)18-2-4-19(5-3-18)41(39,40)34-8-6-33(7-9-34)23-12-17(11-22(27)32-23)26(28,29)21-14-30-20(13-31-21)25(37)38/h2-5,11-14,16H,6-10,15H2,1H3,(H,37,38)/t16-/m1/s1. The van der Waals surface area contributed by atoms with E-state index in [1.165, 1.54) is 16.4 Å². The van der Waals surface area contributed by atoms with Crippen LogP contribution in [-0.4, -0.2) is 77.4 Å². The third-order valence-corrected chi connectivity index (χ3v) is 9.11. The van der Waals surface area contributed by atoms with Crippen LogP contribution in [0.4, 0.5) is 20.3 Å². The highest BCUT2D eigenvalue weighted by atomic mass is 35.5. The van der Waals surface area contributed by atoms with Crippen LogP contribution in [0, 0.1) is 5.92 Å². The molecule has 0 aliphatic carbocycles. The molecule has 1 atom stereocenters. The molecule has 4 heterocycles. The molecule has 2 saturated heterocycles. The van der Waals surface area contributed by atoms with Crippen molar-refractivity contribution < 1.29 is 31.9 Å². The van der Waals surface area contributed by atoms with Gasteiger partial charge in [-0.15, -0.1) is 0 Å². The van der Waals surface area contributed by atoms with Gasteiger partial charge in [0.25, 0.3) is 0 Å². The van der Waals surface area contributed by atoms with Crippen LogP contribution in [0.5, 0.6) is 0 Å². The van der Waals surface area contributed by atoms with Crippen molar-refractivity contribution >= 4 is 45.0 Å². The van der Waals surface area contributed by atoms with Gasteiger partial charge in [-0.3, -0.25) is 9.78 Å². The molecule has 0 unspecified atom stereocenters. The van der Waals surface area contributed by atoms with Crippen LogP contribution in [0.25, 0.3) is 0 Å². The molecule has 3 aromatic rings. The van der Waals surface area contributed by atoms with Crippen molar-refractivity contribution in [3.05, 3.63) is 70.9 Å². The van der Waals surface area contributed by atoms with E-state index in [0.29, 0.717) is 24.8 Å². The van der Waals surface area contributed by atoms with Gasteiger partial charge in [0.05, 0.1) is 17.3 Å². The highest BCUT2D eigenvalue weighted by Gasteiger charge is 2.38. The second kappa shape index (κ2) is 10.9. The molecule has 11 nitrogen and oxygen atoms in total. The van der Waals surface area contributed by atoms with Gasteiger partial charge in [-0.2, -0.15) is 13.1 Å². The summed E-state index contributed by atoms with van der Waals surface area (Å²) in [6.45, 7) is 3.06. The molecule has 15 heteroatoms. The van der Waals surface area contributed by atoms with E-state index >= 15 is 8.78 Å². The average Bonchev–Trinajstić information content (AvgIpc) is 3.30. The first-order valence-electron chi connectivity index (χ1n) is 12.6. The number of sulfonamides is 1. The van der Waals surface area contributed by atoms with Crippen molar-refractivity contribution in [2.24, 2.45) is 5.92 Å². The van der Waals surface area contributed by atoms with Gasteiger partial charge in [0.1, 0.15) is 16.7 Å². The number of aromatic nitrogens is 3. The molecule has 0 bridgehead atoms. The number of pyridine rings is 1. The quantitative estimate of drug-likeness (QED) is 0.402. The molecule has 0 spiro atoms. The lowest BCUT2D eigenvalue weighted by atomic mass is 10.1. The molecule has 1 N–H and O–H groups in total.